The molecular weight excluding hydrogens is 634 g/mol. The monoisotopic (exact) mass is 678 g/mol. The van der Waals surface area contributed by atoms with Crippen LogP contribution in [0.25, 0.3) is 0 Å². The Hall–Kier alpha value is -3.74. The van der Waals surface area contributed by atoms with Crippen LogP contribution in [0.2, 0.25) is 0 Å². The molecule has 0 aliphatic heterocycles. The number of hydrogen-bond donors (Lipinski definition) is 0. The van der Waals surface area contributed by atoms with Crippen molar-refractivity contribution < 1.29 is 31.1 Å². The van der Waals surface area contributed by atoms with Gasteiger partial charge < -0.3 is 4.74 Å². The molecule has 0 atom stereocenters. The maximum Gasteiger partial charge on any atom is 0.194 e. The van der Waals surface area contributed by atoms with Crippen molar-refractivity contribution in [3.63, 3.8) is 0 Å². The van der Waals surface area contributed by atoms with Crippen molar-refractivity contribution in [2.45, 2.75) is 103 Å². The highest BCUT2D eigenvalue weighted by atomic mass is 19.2. The number of ether oxygens (including phenoxy) is 1. The Morgan fingerprint density at radius 1 is 0.469 bits per heavy atom. The first-order chi connectivity index (χ1) is 23.6. The van der Waals surface area contributed by atoms with Gasteiger partial charge in [0.2, 0.25) is 0 Å². The van der Waals surface area contributed by atoms with Crippen molar-refractivity contribution in [3.05, 3.63) is 129 Å². The van der Waals surface area contributed by atoms with E-state index in [0.29, 0.717) is 46.3 Å². The van der Waals surface area contributed by atoms with E-state index in [2.05, 4.69) is 13.8 Å². The minimum Gasteiger partial charge on any atom is -0.457 e. The molecule has 0 amide bonds. The highest BCUT2D eigenvalue weighted by Gasteiger charge is 2.26. The molecule has 4 aromatic rings. The van der Waals surface area contributed by atoms with Crippen molar-refractivity contribution in [1.82, 2.24) is 0 Å². The molecule has 0 radical (unpaired) electrons. The van der Waals surface area contributed by atoms with Crippen molar-refractivity contribution in [2.75, 3.05) is 0 Å². The zero-order chi connectivity index (χ0) is 34.7. The van der Waals surface area contributed by atoms with E-state index in [-0.39, 0.29) is 24.0 Å². The zero-order valence-electron chi connectivity index (χ0n) is 28.2. The van der Waals surface area contributed by atoms with E-state index in [1.165, 1.54) is 12.1 Å². The lowest BCUT2D eigenvalue weighted by Gasteiger charge is -2.29. The van der Waals surface area contributed by atoms with Crippen LogP contribution in [0.4, 0.5) is 26.3 Å². The molecule has 0 unspecified atom stereocenters. The Morgan fingerprint density at radius 2 is 0.857 bits per heavy atom. The van der Waals surface area contributed by atoms with E-state index in [9.17, 15) is 26.3 Å². The van der Waals surface area contributed by atoms with Gasteiger partial charge >= 0.3 is 0 Å². The van der Waals surface area contributed by atoms with Gasteiger partial charge in [-0.1, -0.05) is 63.1 Å². The Labute approximate surface area is 285 Å². The fraction of sp³-hybridized carbons (Fsp3) is 0.429. The van der Waals surface area contributed by atoms with Gasteiger partial charge in [0.1, 0.15) is 11.5 Å². The summed E-state index contributed by atoms with van der Waals surface area (Å²) >= 11 is 0. The molecule has 0 N–H and O–H groups in total. The second kappa shape index (κ2) is 15.4. The Balaban J connectivity index is 1.37. The van der Waals surface area contributed by atoms with E-state index >= 15 is 0 Å². The molecule has 2 fully saturated rings. The van der Waals surface area contributed by atoms with Crippen LogP contribution in [0.1, 0.15) is 123 Å². The van der Waals surface area contributed by atoms with E-state index in [4.69, 9.17) is 4.74 Å². The van der Waals surface area contributed by atoms with Crippen LogP contribution < -0.4 is 4.74 Å². The molecule has 7 heteroatoms. The quantitative estimate of drug-likeness (QED) is 0.120. The normalized spacial score (nSPS) is 21.1. The lowest BCUT2D eigenvalue weighted by Crippen LogP contribution is -2.13. The van der Waals surface area contributed by atoms with E-state index in [1.54, 1.807) is 0 Å². The minimum absolute atomic E-state index is 0.00213. The van der Waals surface area contributed by atoms with Gasteiger partial charge in [-0.3, -0.25) is 0 Å². The third-order valence-electron chi connectivity index (χ3n) is 11.2. The minimum atomic E-state index is -1.52. The summed E-state index contributed by atoms with van der Waals surface area (Å²) in [5.74, 6) is -5.17. The highest BCUT2D eigenvalue weighted by molar-refractivity contribution is 5.48. The number of hydrogen-bond acceptors (Lipinski definition) is 1. The van der Waals surface area contributed by atoms with Gasteiger partial charge in [0.15, 0.2) is 34.9 Å². The second-order valence-electron chi connectivity index (χ2n) is 14.1. The van der Waals surface area contributed by atoms with E-state index < -0.39 is 34.9 Å². The van der Waals surface area contributed by atoms with Gasteiger partial charge in [-0.25, -0.2) is 26.3 Å². The summed E-state index contributed by atoms with van der Waals surface area (Å²) in [6, 6.07) is 16.0. The molecule has 1 nitrogen and oxygen atoms in total. The number of rotatable bonds is 10. The molecule has 0 saturated heterocycles. The summed E-state index contributed by atoms with van der Waals surface area (Å²) in [5, 5.41) is 0. The first-order valence-corrected chi connectivity index (χ1v) is 17.8. The first kappa shape index (κ1) is 35.1. The maximum absolute atomic E-state index is 15.0. The van der Waals surface area contributed by atoms with Crippen molar-refractivity contribution in [1.29, 1.82) is 0 Å². The Kier molecular flexibility index (Phi) is 11.1. The zero-order valence-corrected chi connectivity index (χ0v) is 28.2. The predicted octanol–water partition coefficient (Wildman–Crippen LogP) is 12.9. The molecular formula is C42H44F6O. The molecule has 49 heavy (non-hydrogen) atoms. The van der Waals surface area contributed by atoms with Crippen LogP contribution in [0, 0.1) is 46.7 Å². The summed E-state index contributed by atoms with van der Waals surface area (Å²) in [4.78, 5) is 0. The van der Waals surface area contributed by atoms with Crippen molar-refractivity contribution in [2.24, 2.45) is 11.8 Å². The molecule has 0 bridgehead atoms. The largest absolute Gasteiger partial charge is 0.457 e. The van der Waals surface area contributed by atoms with E-state index in [0.717, 1.165) is 87.5 Å². The van der Waals surface area contributed by atoms with Crippen LogP contribution in [0.5, 0.6) is 11.5 Å². The molecule has 2 aliphatic carbocycles. The van der Waals surface area contributed by atoms with Crippen molar-refractivity contribution in [3.8, 4) is 11.5 Å². The van der Waals surface area contributed by atoms with Gasteiger partial charge in [0.05, 0.1) is 0 Å². The standard InChI is InChI=1S/C42H44F6O/c1-3-25-5-9-27(10-6-25)29-15-19-37(33(21-29)23-31-13-17-35(43)41(47)39(31)45)49-38-20-16-30(28-11-7-26(4-2)8-12-28)22-34(38)24-32-14-18-36(44)42(48)40(32)46/h13-22,25-28H,3-12,23-24H2,1-2H3. The average molecular weight is 679 g/mol. The molecule has 0 heterocycles. The lowest BCUT2D eigenvalue weighted by molar-refractivity contribution is 0.318. The lowest BCUT2D eigenvalue weighted by atomic mass is 9.77. The first-order valence-electron chi connectivity index (χ1n) is 17.8. The molecule has 260 valence electrons. The second-order valence-corrected chi connectivity index (χ2v) is 14.1. The fourth-order valence-corrected chi connectivity index (χ4v) is 7.92. The summed E-state index contributed by atoms with van der Waals surface area (Å²) in [6.45, 7) is 4.43. The van der Waals surface area contributed by atoms with Crippen LogP contribution in [-0.4, -0.2) is 0 Å². The highest BCUT2D eigenvalue weighted by Crippen LogP contribution is 2.42. The summed E-state index contributed by atoms with van der Waals surface area (Å²) < 4.78 is 92.7. The third kappa shape index (κ3) is 7.86. The summed E-state index contributed by atoms with van der Waals surface area (Å²) in [5.41, 5.74) is 3.37. The van der Waals surface area contributed by atoms with Gasteiger partial charge in [-0.05, 0) is 133 Å². The fourth-order valence-electron chi connectivity index (χ4n) is 7.92. The van der Waals surface area contributed by atoms with Gasteiger partial charge in [0.25, 0.3) is 0 Å². The van der Waals surface area contributed by atoms with Crippen LogP contribution in [0.3, 0.4) is 0 Å². The van der Waals surface area contributed by atoms with Crippen LogP contribution in [-0.2, 0) is 12.8 Å². The summed E-state index contributed by atoms with van der Waals surface area (Å²) in [7, 11) is 0. The van der Waals surface area contributed by atoms with Crippen LogP contribution in [0.15, 0.2) is 60.7 Å². The average Bonchev–Trinajstić information content (AvgIpc) is 3.13. The summed E-state index contributed by atoms with van der Waals surface area (Å²) in [6.07, 6.45) is 10.9. The SMILES string of the molecule is CCC1CCC(c2ccc(Oc3ccc(C4CCC(CC)CC4)cc3Cc3ccc(F)c(F)c3F)c(Cc3ccc(F)c(F)c3F)c2)CC1. The number of benzene rings is 4. The Morgan fingerprint density at radius 3 is 1.22 bits per heavy atom. The third-order valence-corrected chi connectivity index (χ3v) is 11.2. The number of halogens is 6. The van der Waals surface area contributed by atoms with Gasteiger partial charge in [-0.15, -0.1) is 0 Å². The molecule has 2 aliphatic rings. The molecule has 0 aromatic heterocycles. The molecule has 2 saturated carbocycles. The predicted molar refractivity (Wildman–Crippen MR) is 181 cm³/mol. The van der Waals surface area contributed by atoms with Crippen molar-refractivity contribution >= 4 is 0 Å². The molecule has 0 spiro atoms. The topological polar surface area (TPSA) is 9.23 Å². The maximum atomic E-state index is 15.0. The van der Waals surface area contributed by atoms with Gasteiger partial charge in [0, 0.05) is 12.8 Å². The smallest absolute Gasteiger partial charge is 0.194 e. The molecule has 4 aromatic carbocycles. The Bertz CT molecular complexity index is 1640. The van der Waals surface area contributed by atoms with Crippen LogP contribution >= 0.6 is 0 Å². The molecule has 6 rings (SSSR count). The van der Waals surface area contributed by atoms with Gasteiger partial charge in [-0.2, -0.15) is 0 Å². The van der Waals surface area contributed by atoms with E-state index in [1.807, 2.05) is 36.4 Å².